The molecule has 5 rings (SSSR count). The van der Waals surface area contributed by atoms with Crippen LogP contribution in [-0.2, 0) is 23.1 Å². The zero-order valence-electron chi connectivity index (χ0n) is 22.0. The Morgan fingerprint density at radius 2 is 1.69 bits per heavy atom. The average molecular weight is 560 g/mol. The number of rotatable bonds is 9. The van der Waals surface area contributed by atoms with Gasteiger partial charge in [0.1, 0.15) is 5.76 Å². The number of furan rings is 1. The van der Waals surface area contributed by atoms with Gasteiger partial charge in [-0.05, 0) is 73.0 Å². The molecule has 39 heavy (non-hydrogen) atoms. The summed E-state index contributed by atoms with van der Waals surface area (Å²) in [6.45, 7) is 6.65. The summed E-state index contributed by atoms with van der Waals surface area (Å²) < 4.78 is 34.7. The van der Waals surface area contributed by atoms with Crippen molar-refractivity contribution in [2.24, 2.45) is 0 Å². The molecule has 2 aromatic heterocycles. The molecule has 2 heterocycles. The lowest BCUT2D eigenvalue weighted by molar-refractivity contribution is 0.0983. The number of aromatic nitrogens is 1. The zero-order chi connectivity index (χ0) is 27.6. The molecule has 0 saturated carbocycles. The van der Waals surface area contributed by atoms with Gasteiger partial charge in [-0.2, -0.15) is 4.31 Å². The molecule has 0 spiro atoms. The Hall–Kier alpha value is -3.79. The number of amides is 1. The Balaban J connectivity index is 1.45. The van der Waals surface area contributed by atoms with Gasteiger partial charge >= 0.3 is 0 Å². The van der Waals surface area contributed by atoms with Crippen molar-refractivity contribution in [3.63, 3.8) is 0 Å². The molecule has 0 aliphatic rings. The van der Waals surface area contributed by atoms with Crippen LogP contribution in [0, 0.1) is 13.8 Å². The molecule has 7 nitrogen and oxygen atoms in total. The summed E-state index contributed by atoms with van der Waals surface area (Å²) in [5, 5.41) is 0.553. The van der Waals surface area contributed by atoms with Crippen LogP contribution in [-0.4, -0.2) is 30.2 Å². The van der Waals surface area contributed by atoms with Crippen LogP contribution < -0.4 is 4.90 Å². The zero-order valence-corrected chi connectivity index (χ0v) is 23.6. The first-order valence-electron chi connectivity index (χ1n) is 12.6. The molecule has 0 fully saturated rings. The minimum atomic E-state index is -3.75. The van der Waals surface area contributed by atoms with Crippen LogP contribution in [0.1, 0.15) is 39.7 Å². The van der Waals surface area contributed by atoms with Gasteiger partial charge in [-0.3, -0.25) is 9.69 Å². The number of nitrogens with zero attached hydrogens (tertiary/aromatic N) is 3. The standard InChI is InChI=1S/C30H29N3O4S2/c1-4-32(19-23-9-6-5-7-10-23)39(35,36)26-14-12-24(13-15-26)29(34)33(20-25-11-8-16-37-25)30-31-28-22(3)17-21(2)18-27(28)38-30/h5-18H,4,19-20H2,1-3H3. The summed E-state index contributed by atoms with van der Waals surface area (Å²) in [4.78, 5) is 20.3. The molecule has 0 atom stereocenters. The number of carbonyl (C=O) groups excluding carboxylic acids is 1. The minimum Gasteiger partial charge on any atom is -0.467 e. The van der Waals surface area contributed by atoms with Crippen LogP contribution in [0.25, 0.3) is 10.2 Å². The Bertz CT molecular complexity index is 1690. The molecule has 200 valence electrons. The highest BCUT2D eigenvalue weighted by Crippen LogP contribution is 2.33. The first-order chi connectivity index (χ1) is 18.8. The number of benzene rings is 3. The normalized spacial score (nSPS) is 11.8. The summed E-state index contributed by atoms with van der Waals surface area (Å²) in [7, 11) is -3.75. The van der Waals surface area contributed by atoms with Gasteiger partial charge in [0.05, 0.1) is 27.9 Å². The fourth-order valence-electron chi connectivity index (χ4n) is 4.49. The van der Waals surface area contributed by atoms with Crippen molar-refractivity contribution in [2.45, 2.75) is 38.8 Å². The van der Waals surface area contributed by atoms with E-state index in [4.69, 9.17) is 9.40 Å². The molecule has 0 bridgehead atoms. The second-order valence-corrected chi connectivity index (χ2v) is 12.3. The van der Waals surface area contributed by atoms with Crippen molar-refractivity contribution in [3.8, 4) is 0 Å². The summed E-state index contributed by atoms with van der Waals surface area (Å²) in [5.74, 6) is 0.328. The molecular formula is C30H29N3O4S2. The maximum Gasteiger partial charge on any atom is 0.260 e. The molecule has 0 N–H and O–H groups in total. The fraction of sp³-hybridized carbons (Fsp3) is 0.200. The Morgan fingerprint density at radius 3 is 2.36 bits per heavy atom. The van der Waals surface area contributed by atoms with Gasteiger partial charge < -0.3 is 4.42 Å². The lowest BCUT2D eigenvalue weighted by atomic mass is 10.1. The van der Waals surface area contributed by atoms with E-state index in [1.807, 2.05) is 57.2 Å². The van der Waals surface area contributed by atoms with E-state index in [0.717, 1.165) is 26.9 Å². The first-order valence-corrected chi connectivity index (χ1v) is 14.9. The predicted molar refractivity (Wildman–Crippen MR) is 154 cm³/mol. The number of thiazole rings is 1. The number of sulfonamides is 1. The molecule has 0 saturated heterocycles. The van der Waals surface area contributed by atoms with Crippen molar-refractivity contribution < 1.29 is 17.6 Å². The molecule has 9 heteroatoms. The van der Waals surface area contributed by atoms with Gasteiger partial charge in [0.2, 0.25) is 10.0 Å². The van der Waals surface area contributed by atoms with E-state index in [2.05, 4.69) is 12.1 Å². The smallest absolute Gasteiger partial charge is 0.260 e. The second kappa shape index (κ2) is 11.1. The third-order valence-electron chi connectivity index (χ3n) is 6.48. The highest BCUT2D eigenvalue weighted by Gasteiger charge is 2.26. The Kier molecular flexibility index (Phi) is 7.65. The highest BCUT2D eigenvalue weighted by molar-refractivity contribution is 7.89. The van der Waals surface area contributed by atoms with Crippen LogP contribution in [0.3, 0.4) is 0 Å². The summed E-state index contributed by atoms with van der Waals surface area (Å²) >= 11 is 1.44. The molecule has 3 aromatic carbocycles. The van der Waals surface area contributed by atoms with Crippen LogP contribution in [0.4, 0.5) is 5.13 Å². The van der Waals surface area contributed by atoms with E-state index in [9.17, 15) is 13.2 Å². The van der Waals surface area contributed by atoms with E-state index in [-0.39, 0.29) is 23.9 Å². The second-order valence-electron chi connectivity index (χ2n) is 9.34. The minimum absolute atomic E-state index is 0.139. The molecule has 1 amide bonds. The number of hydrogen-bond acceptors (Lipinski definition) is 6. The van der Waals surface area contributed by atoms with Crippen LogP contribution in [0.5, 0.6) is 0 Å². The van der Waals surface area contributed by atoms with Crippen molar-refractivity contribution in [3.05, 3.63) is 113 Å². The van der Waals surface area contributed by atoms with E-state index in [0.29, 0.717) is 23.0 Å². The molecular weight excluding hydrogens is 530 g/mol. The third kappa shape index (κ3) is 5.66. The summed E-state index contributed by atoms with van der Waals surface area (Å²) in [5.41, 5.74) is 4.30. The van der Waals surface area contributed by atoms with Gasteiger partial charge in [-0.15, -0.1) is 0 Å². The van der Waals surface area contributed by atoms with Gasteiger partial charge in [-0.25, -0.2) is 13.4 Å². The van der Waals surface area contributed by atoms with Crippen LogP contribution >= 0.6 is 11.3 Å². The third-order valence-corrected chi connectivity index (χ3v) is 9.44. The monoisotopic (exact) mass is 559 g/mol. The number of fused-ring (bicyclic) bond motifs is 1. The van der Waals surface area contributed by atoms with Gasteiger partial charge in [0.25, 0.3) is 5.91 Å². The maximum atomic E-state index is 13.8. The van der Waals surface area contributed by atoms with E-state index in [1.54, 1.807) is 29.4 Å². The van der Waals surface area contributed by atoms with Crippen LogP contribution in [0.2, 0.25) is 0 Å². The van der Waals surface area contributed by atoms with E-state index >= 15 is 0 Å². The molecule has 0 aliphatic heterocycles. The molecule has 0 unspecified atom stereocenters. The predicted octanol–water partition coefficient (Wildman–Crippen LogP) is 6.56. The SMILES string of the molecule is CCN(Cc1ccccc1)S(=O)(=O)c1ccc(C(=O)N(Cc2ccco2)c2nc3c(C)cc(C)cc3s2)cc1. The lowest BCUT2D eigenvalue weighted by Crippen LogP contribution is -2.31. The number of hydrogen-bond donors (Lipinski definition) is 0. The molecule has 0 radical (unpaired) electrons. The summed E-state index contributed by atoms with van der Waals surface area (Å²) in [6.07, 6.45) is 1.57. The molecule has 0 aliphatic carbocycles. The van der Waals surface area contributed by atoms with Crippen molar-refractivity contribution in [1.82, 2.24) is 9.29 Å². The van der Waals surface area contributed by atoms with Crippen molar-refractivity contribution >= 4 is 42.6 Å². The summed E-state index contributed by atoms with van der Waals surface area (Å²) in [6, 6.07) is 23.3. The number of carbonyl (C=O) groups is 1. The molecule has 5 aromatic rings. The maximum absolute atomic E-state index is 13.8. The number of aryl methyl sites for hydroxylation is 2. The number of anilines is 1. The lowest BCUT2D eigenvalue weighted by Gasteiger charge is -2.21. The quantitative estimate of drug-likeness (QED) is 0.204. The fourth-order valence-corrected chi connectivity index (χ4v) is 7.06. The van der Waals surface area contributed by atoms with Crippen molar-refractivity contribution in [2.75, 3.05) is 11.4 Å². The van der Waals surface area contributed by atoms with E-state index in [1.165, 1.54) is 27.8 Å². The van der Waals surface area contributed by atoms with Crippen molar-refractivity contribution in [1.29, 1.82) is 0 Å². The largest absolute Gasteiger partial charge is 0.467 e. The van der Waals surface area contributed by atoms with Gasteiger partial charge in [0, 0.05) is 18.7 Å². The van der Waals surface area contributed by atoms with Gasteiger partial charge in [0.15, 0.2) is 5.13 Å². The van der Waals surface area contributed by atoms with Crippen LogP contribution in [0.15, 0.2) is 94.4 Å². The van der Waals surface area contributed by atoms with E-state index < -0.39 is 10.0 Å². The topological polar surface area (TPSA) is 83.7 Å². The Morgan fingerprint density at radius 1 is 0.949 bits per heavy atom. The van der Waals surface area contributed by atoms with Gasteiger partial charge in [-0.1, -0.05) is 54.7 Å². The highest BCUT2D eigenvalue weighted by atomic mass is 32.2. The Labute approximate surface area is 232 Å². The average Bonchev–Trinajstić information content (AvgIpc) is 3.60. The first kappa shape index (κ1) is 26.8.